The molecule has 0 unspecified atom stereocenters. The summed E-state index contributed by atoms with van der Waals surface area (Å²) >= 11 is 0. The third kappa shape index (κ3) is 0.478. The van der Waals surface area contributed by atoms with Crippen LogP contribution in [0.2, 0.25) is 0 Å². The maximum absolute atomic E-state index is 9.21. The number of epoxide rings is 2. The van der Waals surface area contributed by atoms with Gasteiger partial charge in [0.1, 0.15) is 18.3 Å². The number of aliphatic hydroxyl groups is 1. The van der Waals surface area contributed by atoms with E-state index >= 15 is 0 Å². The summed E-state index contributed by atoms with van der Waals surface area (Å²) in [6.45, 7) is 0. The SMILES string of the molecule is O[C@H]1C[C@H]2O[C@H]2[C@@H]2O[C@@H]21. The van der Waals surface area contributed by atoms with E-state index in [0.29, 0.717) is 12.2 Å². The zero-order valence-electron chi connectivity index (χ0n) is 4.86. The molecule has 0 aromatic rings. The summed E-state index contributed by atoms with van der Waals surface area (Å²) in [6, 6.07) is 0. The molecule has 0 bridgehead atoms. The van der Waals surface area contributed by atoms with Crippen molar-refractivity contribution in [2.24, 2.45) is 0 Å². The number of ether oxygens (including phenoxy) is 2. The number of hydrogen-bond donors (Lipinski definition) is 1. The highest BCUT2D eigenvalue weighted by Crippen LogP contribution is 2.47. The second kappa shape index (κ2) is 1.17. The van der Waals surface area contributed by atoms with E-state index in [4.69, 9.17) is 9.47 Å². The first-order valence-electron chi connectivity index (χ1n) is 3.35. The Kier molecular flexibility index (Phi) is 0.604. The van der Waals surface area contributed by atoms with Crippen molar-refractivity contribution < 1.29 is 14.6 Å². The van der Waals surface area contributed by atoms with Crippen LogP contribution in [-0.2, 0) is 9.47 Å². The molecule has 1 N–H and O–H groups in total. The smallest absolute Gasteiger partial charge is 0.115 e. The molecule has 0 aromatic heterocycles. The second-order valence-electron chi connectivity index (χ2n) is 3.01. The number of rotatable bonds is 0. The van der Waals surface area contributed by atoms with Gasteiger partial charge in [-0.25, -0.2) is 0 Å². The second-order valence-corrected chi connectivity index (χ2v) is 3.01. The molecule has 3 heteroatoms. The average molecular weight is 128 g/mol. The minimum atomic E-state index is -0.251. The lowest BCUT2D eigenvalue weighted by Gasteiger charge is -2.06. The zero-order valence-corrected chi connectivity index (χ0v) is 4.86. The van der Waals surface area contributed by atoms with Gasteiger partial charge >= 0.3 is 0 Å². The molecule has 9 heavy (non-hydrogen) atoms. The molecule has 0 aromatic carbocycles. The molecule has 5 atom stereocenters. The van der Waals surface area contributed by atoms with Crippen molar-refractivity contribution >= 4 is 0 Å². The Morgan fingerprint density at radius 1 is 1.11 bits per heavy atom. The molecule has 2 aliphatic heterocycles. The maximum atomic E-state index is 9.21. The summed E-state index contributed by atoms with van der Waals surface area (Å²) < 4.78 is 10.4. The molecular formula is C6H8O3. The van der Waals surface area contributed by atoms with Gasteiger partial charge in [0.05, 0.1) is 12.2 Å². The van der Waals surface area contributed by atoms with Crippen molar-refractivity contribution in [1.82, 2.24) is 0 Å². The van der Waals surface area contributed by atoms with Crippen molar-refractivity contribution in [3.05, 3.63) is 0 Å². The fraction of sp³-hybridized carbons (Fsp3) is 1.00. The Bertz CT molecular complexity index is 154. The minimum absolute atomic E-state index is 0.119. The first-order chi connectivity index (χ1) is 4.36. The molecule has 0 amide bonds. The maximum Gasteiger partial charge on any atom is 0.115 e. The molecule has 0 radical (unpaired) electrons. The Morgan fingerprint density at radius 2 is 2.00 bits per heavy atom. The molecule has 3 nitrogen and oxygen atoms in total. The molecule has 0 spiro atoms. The third-order valence-corrected chi connectivity index (χ3v) is 2.36. The number of fused-ring (bicyclic) bond motifs is 3. The molecule has 3 rings (SSSR count). The molecule has 3 fully saturated rings. The van der Waals surface area contributed by atoms with Crippen LogP contribution in [0.4, 0.5) is 0 Å². The Balaban J connectivity index is 1.87. The molecular weight excluding hydrogens is 120 g/mol. The molecule has 50 valence electrons. The highest BCUT2D eigenvalue weighted by atomic mass is 16.7. The van der Waals surface area contributed by atoms with E-state index in [-0.39, 0.29) is 18.3 Å². The van der Waals surface area contributed by atoms with Crippen LogP contribution in [-0.4, -0.2) is 35.6 Å². The topological polar surface area (TPSA) is 45.3 Å². The van der Waals surface area contributed by atoms with E-state index in [2.05, 4.69) is 0 Å². The van der Waals surface area contributed by atoms with E-state index in [1.54, 1.807) is 0 Å². The van der Waals surface area contributed by atoms with Gasteiger partial charge in [-0.05, 0) is 0 Å². The molecule has 1 saturated carbocycles. The summed E-state index contributed by atoms with van der Waals surface area (Å²) in [5.74, 6) is 0. The number of hydrogen-bond acceptors (Lipinski definition) is 3. The Morgan fingerprint density at radius 3 is 2.89 bits per heavy atom. The minimum Gasteiger partial charge on any atom is -0.390 e. The van der Waals surface area contributed by atoms with Crippen molar-refractivity contribution in [2.45, 2.75) is 36.9 Å². The summed E-state index contributed by atoms with van der Waals surface area (Å²) in [5, 5.41) is 9.21. The first kappa shape index (κ1) is 4.66. The quantitative estimate of drug-likeness (QED) is 0.438. The Labute approximate surface area is 52.6 Å². The van der Waals surface area contributed by atoms with E-state index in [1.165, 1.54) is 0 Å². The fourth-order valence-electron chi connectivity index (χ4n) is 1.72. The van der Waals surface area contributed by atoms with E-state index < -0.39 is 0 Å². The van der Waals surface area contributed by atoms with Gasteiger partial charge in [-0.1, -0.05) is 0 Å². The third-order valence-electron chi connectivity index (χ3n) is 2.36. The first-order valence-corrected chi connectivity index (χ1v) is 3.35. The van der Waals surface area contributed by atoms with Gasteiger partial charge in [0.25, 0.3) is 0 Å². The monoisotopic (exact) mass is 128 g/mol. The van der Waals surface area contributed by atoms with Gasteiger partial charge in [-0.3, -0.25) is 0 Å². The van der Waals surface area contributed by atoms with Crippen LogP contribution in [0.15, 0.2) is 0 Å². The highest BCUT2D eigenvalue weighted by molar-refractivity contribution is 5.11. The van der Waals surface area contributed by atoms with Gasteiger partial charge in [0, 0.05) is 6.42 Å². The van der Waals surface area contributed by atoms with Crippen molar-refractivity contribution in [1.29, 1.82) is 0 Å². The Hall–Kier alpha value is -0.120. The summed E-state index contributed by atoms with van der Waals surface area (Å²) in [7, 11) is 0. The van der Waals surface area contributed by atoms with Crippen LogP contribution in [0.25, 0.3) is 0 Å². The predicted octanol–water partition coefficient (Wildman–Crippen LogP) is -0.714. The van der Waals surface area contributed by atoms with E-state index in [0.717, 1.165) is 6.42 Å². The lowest BCUT2D eigenvalue weighted by Crippen LogP contribution is -2.26. The van der Waals surface area contributed by atoms with Gasteiger partial charge < -0.3 is 14.6 Å². The summed E-state index contributed by atoms with van der Waals surface area (Å²) in [6.07, 6.45) is 1.57. The standard InChI is InChI=1S/C6H8O3/c7-2-1-3-5(8-3)6-4(2)9-6/h2-7H,1H2/t2-,3+,4+,5+,6+/m0/s1. The van der Waals surface area contributed by atoms with Crippen LogP contribution >= 0.6 is 0 Å². The normalized spacial score (nSPS) is 68.3. The lowest BCUT2D eigenvalue weighted by atomic mass is 9.98. The predicted molar refractivity (Wildman–Crippen MR) is 27.9 cm³/mol. The van der Waals surface area contributed by atoms with E-state index in [9.17, 15) is 5.11 Å². The van der Waals surface area contributed by atoms with Crippen LogP contribution < -0.4 is 0 Å². The van der Waals surface area contributed by atoms with Gasteiger partial charge in [-0.15, -0.1) is 0 Å². The van der Waals surface area contributed by atoms with Gasteiger partial charge in [0.2, 0.25) is 0 Å². The van der Waals surface area contributed by atoms with E-state index in [1.807, 2.05) is 0 Å². The van der Waals surface area contributed by atoms with Gasteiger partial charge in [-0.2, -0.15) is 0 Å². The average Bonchev–Trinajstić information content (AvgIpc) is 2.54. The summed E-state index contributed by atoms with van der Waals surface area (Å²) in [4.78, 5) is 0. The number of aliphatic hydroxyl groups excluding tert-OH is 1. The summed E-state index contributed by atoms with van der Waals surface area (Å²) in [5.41, 5.74) is 0. The fourth-order valence-corrected chi connectivity index (χ4v) is 1.72. The van der Waals surface area contributed by atoms with Gasteiger partial charge in [0.15, 0.2) is 0 Å². The largest absolute Gasteiger partial charge is 0.390 e. The van der Waals surface area contributed by atoms with Crippen molar-refractivity contribution in [3.8, 4) is 0 Å². The molecule has 2 saturated heterocycles. The molecule has 1 aliphatic carbocycles. The van der Waals surface area contributed by atoms with Crippen molar-refractivity contribution in [2.75, 3.05) is 0 Å². The van der Waals surface area contributed by atoms with Crippen LogP contribution in [0.3, 0.4) is 0 Å². The van der Waals surface area contributed by atoms with Crippen molar-refractivity contribution in [3.63, 3.8) is 0 Å². The van der Waals surface area contributed by atoms with Crippen LogP contribution in [0.1, 0.15) is 6.42 Å². The van der Waals surface area contributed by atoms with Crippen LogP contribution in [0, 0.1) is 0 Å². The van der Waals surface area contributed by atoms with Crippen LogP contribution in [0.5, 0.6) is 0 Å². The molecule has 3 aliphatic rings. The zero-order chi connectivity index (χ0) is 6.01. The lowest BCUT2D eigenvalue weighted by molar-refractivity contribution is 0.117. The highest BCUT2D eigenvalue weighted by Gasteiger charge is 2.64. The molecule has 2 heterocycles.